The molecular formula is C16H24FN3O4S. The lowest BCUT2D eigenvalue weighted by Gasteiger charge is -2.32. The highest BCUT2D eigenvalue weighted by Crippen LogP contribution is 2.26. The van der Waals surface area contributed by atoms with Gasteiger partial charge in [-0.3, -0.25) is 0 Å². The van der Waals surface area contributed by atoms with Crippen LogP contribution in [-0.2, 0) is 10.0 Å². The van der Waals surface area contributed by atoms with Gasteiger partial charge in [0.15, 0.2) is 0 Å². The molecule has 1 heterocycles. The Hall–Kier alpha value is -1.87. The molecule has 1 fully saturated rings. The number of amides is 2. The Bertz CT molecular complexity index is 718. The molecule has 140 valence electrons. The number of piperidine rings is 1. The second-order valence-electron chi connectivity index (χ2n) is 6.32. The van der Waals surface area contributed by atoms with Crippen molar-refractivity contribution in [3.05, 3.63) is 29.6 Å². The van der Waals surface area contributed by atoms with E-state index in [1.54, 1.807) is 11.8 Å². The summed E-state index contributed by atoms with van der Waals surface area (Å²) in [6.07, 6.45) is 1.17. The number of halogens is 1. The van der Waals surface area contributed by atoms with Gasteiger partial charge in [-0.2, -0.15) is 0 Å². The van der Waals surface area contributed by atoms with Crippen LogP contribution >= 0.6 is 0 Å². The Morgan fingerprint density at radius 2 is 2.08 bits per heavy atom. The maximum atomic E-state index is 13.5. The predicted molar refractivity (Wildman–Crippen MR) is 92.2 cm³/mol. The Morgan fingerprint density at radius 3 is 2.64 bits per heavy atom. The highest BCUT2D eigenvalue weighted by Gasteiger charge is 2.26. The van der Waals surface area contributed by atoms with E-state index in [0.717, 1.165) is 0 Å². The molecule has 25 heavy (non-hydrogen) atoms. The van der Waals surface area contributed by atoms with Gasteiger partial charge in [-0.05, 0) is 43.9 Å². The monoisotopic (exact) mass is 373 g/mol. The van der Waals surface area contributed by atoms with Crippen molar-refractivity contribution in [2.75, 3.05) is 26.0 Å². The van der Waals surface area contributed by atoms with E-state index < -0.39 is 21.9 Å². The topological polar surface area (TPSA) is 102 Å². The molecule has 0 aromatic heterocycles. The molecule has 2 rings (SSSR count). The summed E-state index contributed by atoms with van der Waals surface area (Å²) in [5.41, 5.74) is 0.556. The fraction of sp³-hybridized carbons (Fsp3) is 0.562. The van der Waals surface area contributed by atoms with E-state index in [9.17, 15) is 17.6 Å². The lowest BCUT2D eigenvalue weighted by molar-refractivity contribution is 0.171. The molecule has 2 amide bonds. The van der Waals surface area contributed by atoms with Gasteiger partial charge in [0.05, 0.1) is 18.9 Å². The summed E-state index contributed by atoms with van der Waals surface area (Å²) in [7, 11) is -2.01. The summed E-state index contributed by atoms with van der Waals surface area (Å²) in [5, 5.41) is 7.90. The van der Waals surface area contributed by atoms with Gasteiger partial charge in [0.25, 0.3) is 0 Å². The van der Waals surface area contributed by atoms with Gasteiger partial charge >= 0.3 is 6.03 Å². The molecule has 1 aliphatic heterocycles. The van der Waals surface area contributed by atoms with Crippen molar-refractivity contribution < 1.29 is 22.3 Å². The highest BCUT2D eigenvalue weighted by atomic mass is 32.2. The summed E-state index contributed by atoms with van der Waals surface area (Å²) in [6.45, 7) is 2.67. The number of likely N-dealkylation sites (tertiary alicyclic amines) is 1. The zero-order chi connectivity index (χ0) is 18.6. The third-order valence-electron chi connectivity index (χ3n) is 4.37. The van der Waals surface area contributed by atoms with E-state index in [2.05, 4.69) is 5.32 Å². The maximum absolute atomic E-state index is 13.5. The molecule has 1 aromatic carbocycles. The minimum absolute atomic E-state index is 0.0280. The zero-order valence-electron chi connectivity index (χ0n) is 14.4. The van der Waals surface area contributed by atoms with Crippen molar-refractivity contribution in [2.24, 2.45) is 11.1 Å². The lowest BCUT2D eigenvalue weighted by atomic mass is 9.99. The number of carbonyl (C=O) groups excluding carboxylic acids is 1. The van der Waals surface area contributed by atoms with Crippen LogP contribution in [0.1, 0.15) is 31.4 Å². The van der Waals surface area contributed by atoms with Crippen molar-refractivity contribution >= 4 is 16.1 Å². The molecule has 0 aliphatic carbocycles. The van der Waals surface area contributed by atoms with Gasteiger partial charge in [0.1, 0.15) is 11.6 Å². The number of benzene rings is 1. The number of rotatable bonds is 5. The van der Waals surface area contributed by atoms with Gasteiger partial charge < -0.3 is 15.0 Å². The number of methoxy groups -OCH3 is 1. The molecule has 1 atom stereocenters. The Kier molecular flexibility index (Phi) is 6.23. The van der Waals surface area contributed by atoms with Gasteiger partial charge in [0, 0.05) is 18.7 Å². The summed E-state index contributed by atoms with van der Waals surface area (Å²) >= 11 is 0. The van der Waals surface area contributed by atoms with E-state index in [1.807, 2.05) is 0 Å². The first-order valence-corrected chi connectivity index (χ1v) is 9.80. The molecule has 1 aliphatic rings. The second kappa shape index (κ2) is 8.01. The van der Waals surface area contributed by atoms with Crippen LogP contribution in [-0.4, -0.2) is 45.3 Å². The van der Waals surface area contributed by atoms with E-state index in [1.165, 1.54) is 25.3 Å². The van der Waals surface area contributed by atoms with Crippen LogP contribution in [0, 0.1) is 11.7 Å². The Morgan fingerprint density at radius 1 is 1.44 bits per heavy atom. The number of primary sulfonamides is 1. The van der Waals surface area contributed by atoms with Crippen molar-refractivity contribution in [3.63, 3.8) is 0 Å². The largest absolute Gasteiger partial charge is 0.496 e. The van der Waals surface area contributed by atoms with Crippen LogP contribution in [0.5, 0.6) is 5.75 Å². The zero-order valence-corrected chi connectivity index (χ0v) is 15.2. The number of nitrogens with one attached hydrogen (secondary N) is 1. The van der Waals surface area contributed by atoms with Crippen molar-refractivity contribution in [3.8, 4) is 5.75 Å². The summed E-state index contributed by atoms with van der Waals surface area (Å²) in [4.78, 5) is 14.0. The quantitative estimate of drug-likeness (QED) is 0.818. The number of carbonyl (C=O) groups is 1. The molecule has 1 saturated heterocycles. The Balaban J connectivity index is 1.93. The van der Waals surface area contributed by atoms with Crippen LogP contribution in [0.15, 0.2) is 18.2 Å². The van der Waals surface area contributed by atoms with Crippen LogP contribution in [0.3, 0.4) is 0 Å². The number of urea groups is 1. The average molecular weight is 373 g/mol. The van der Waals surface area contributed by atoms with Crippen molar-refractivity contribution in [1.29, 1.82) is 0 Å². The minimum Gasteiger partial charge on any atom is -0.496 e. The van der Waals surface area contributed by atoms with Crippen LogP contribution in [0.25, 0.3) is 0 Å². The van der Waals surface area contributed by atoms with Crippen molar-refractivity contribution in [1.82, 2.24) is 10.2 Å². The standard InChI is InChI=1S/C16H24FN3O4S/c1-11(14-9-13(17)3-4-15(14)24-2)19-16(21)20-7-5-12(6-8-20)10-25(18,22)23/h3-4,9,11-12H,5-8,10H2,1-2H3,(H,19,21)(H2,18,22,23). The normalized spacial score (nSPS) is 17.2. The van der Waals surface area contributed by atoms with E-state index >= 15 is 0 Å². The average Bonchev–Trinajstić information content (AvgIpc) is 2.53. The smallest absolute Gasteiger partial charge is 0.317 e. The number of nitrogens with zero attached hydrogens (tertiary/aromatic N) is 1. The third kappa shape index (κ3) is 5.57. The highest BCUT2D eigenvalue weighted by molar-refractivity contribution is 7.89. The van der Waals surface area contributed by atoms with Crippen LogP contribution in [0.4, 0.5) is 9.18 Å². The van der Waals surface area contributed by atoms with E-state index in [4.69, 9.17) is 9.88 Å². The Labute approximate surface area is 147 Å². The molecule has 9 heteroatoms. The number of hydrogen-bond donors (Lipinski definition) is 2. The second-order valence-corrected chi connectivity index (χ2v) is 7.98. The number of hydrogen-bond acceptors (Lipinski definition) is 4. The van der Waals surface area contributed by atoms with Crippen LogP contribution < -0.4 is 15.2 Å². The number of ether oxygens (including phenoxy) is 1. The first-order valence-electron chi connectivity index (χ1n) is 8.09. The molecule has 0 saturated carbocycles. The molecule has 3 N–H and O–H groups in total. The molecule has 0 bridgehead atoms. The van der Waals surface area contributed by atoms with E-state index in [-0.39, 0.29) is 17.7 Å². The summed E-state index contributed by atoms with van der Waals surface area (Å²) in [5.74, 6) is 0.0147. The molecule has 0 spiro atoms. The summed E-state index contributed by atoms with van der Waals surface area (Å²) < 4.78 is 41.0. The van der Waals surface area contributed by atoms with Gasteiger partial charge in [0.2, 0.25) is 10.0 Å². The fourth-order valence-corrected chi connectivity index (χ4v) is 4.02. The first kappa shape index (κ1) is 19.5. The number of nitrogens with two attached hydrogens (primary N) is 1. The lowest BCUT2D eigenvalue weighted by Crippen LogP contribution is -2.46. The third-order valence-corrected chi connectivity index (χ3v) is 5.30. The molecule has 1 aromatic rings. The fourth-order valence-electron chi connectivity index (χ4n) is 3.03. The first-order chi connectivity index (χ1) is 11.7. The van der Waals surface area contributed by atoms with Gasteiger partial charge in [-0.1, -0.05) is 0 Å². The maximum Gasteiger partial charge on any atom is 0.317 e. The number of sulfonamides is 1. The minimum atomic E-state index is -3.50. The van der Waals surface area contributed by atoms with E-state index in [0.29, 0.717) is 37.2 Å². The predicted octanol–water partition coefficient (Wildman–Crippen LogP) is 1.61. The molecular weight excluding hydrogens is 349 g/mol. The molecule has 1 unspecified atom stereocenters. The van der Waals surface area contributed by atoms with Crippen LogP contribution in [0.2, 0.25) is 0 Å². The molecule has 0 radical (unpaired) electrons. The van der Waals surface area contributed by atoms with Gasteiger partial charge in [-0.25, -0.2) is 22.7 Å². The van der Waals surface area contributed by atoms with Crippen molar-refractivity contribution in [2.45, 2.75) is 25.8 Å². The SMILES string of the molecule is COc1ccc(F)cc1C(C)NC(=O)N1CCC(CS(N)(=O)=O)CC1. The summed E-state index contributed by atoms with van der Waals surface area (Å²) in [6, 6.07) is 3.45. The van der Waals surface area contributed by atoms with Gasteiger partial charge in [-0.15, -0.1) is 0 Å². The molecule has 7 nitrogen and oxygen atoms in total.